The Labute approximate surface area is 258 Å². The van der Waals surface area contributed by atoms with E-state index in [0.29, 0.717) is 29.2 Å². The average Bonchev–Trinajstić information content (AvgIpc) is 2.99. The van der Waals surface area contributed by atoms with Crippen LogP contribution in [0.1, 0.15) is 73.2 Å². The second-order valence-corrected chi connectivity index (χ2v) is 10.3. The van der Waals surface area contributed by atoms with E-state index in [1.165, 1.54) is 24.3 Å². The fraction of sp³-hybridized carbons (Fsp3) is 0.414. The first-order chi connectivity index (χ1) is 20.9. The minimum atomic E-state index is -1.65. The maximum absolute atomic E-state index is 12.9. The van der Waals surface area contributed by atoms with Gasteiger partial charge >= 0.3 is 11.9 Å². The topological polar surface area (TPSA) is 215 Å². The molecule has 1 aromatic heterocycles. The smallest absolute Gasteiger partial charge is 0.326 e. The Hall–Kier alpha value is -4.56. The summed E-state index contributed by atoms with van der Waals surface area (Å²) >= 11 is 6.26. The van der Waals surface area contributed by atoms with Crippen LogP contribution in [0.2, 0.25) is 5.02 Å². The van der Waals surface area contributed by atoms with Gasteiger partial charge in [0.25, 0.3) is 11.8 Å². The molecule has 0 fully saturated rings. The summed E-state index contributed by atoms with van der Waals surface area (Å²) in [6, 6.07) is 6.42. The number of carboxylic acids is 2. The number of hydroxylamine groups is 2. The summed E-state index contributed by atoms with van der Waals surface area (Å²) in [7, 11) is 0. The molecule has 3 atom stereocenters. The van der Waals surface area contributed by atoms with Crippen molar-refractivity contribution in [2.45, 2.75) is 64.5 Å². The number of aliphatic carboxylic acids is 2. The van der Waals surface area contributed by atoms with E-state index in [2.05, 4.69) is 20.9 Å². The summed E-state index contributed by atoms with van der Waals surface area (Å²) in [5.41, 5.74) is 0.677. The summed E-state index contributed by atoms with van der Waals surface area (Å²) in [6.45, 7) is 3.54. The summed E-state index contributed by atoms with van der Waals surface area (Å²) in [4.78, 5) is 75.9. The molecule has 0 aliphatic carbocycles. The Morgan fingerprint density at radius 2 is 1.75 bits per heavy atom. The molecule has 0 bridgehead atoms. The number of carboxylic acid groups (broad SMARTS) is 2. The Bertz CT molecular complexity index is 1360. The van der Waals surface area contributed by atoms with Crippen molar-refractivity contribution in [2.75, 3.05) is 6.67 Å². The van der Waals surface area contributed by atoms with E-state index in [1.54, 1.807) is 19.1 Å². The number of nitrogens with zero attached hydrogens (tertiary/aromatic N) is 2. The lowest BCUT2D eigenvalue weighted by molar-refractivity contribution is -0.168. The van der Waals surface area contributed by atoms with Crippen LogP contribution in [0, 0.1) is 5.92 Å². The van der Waals surface area contributed by atoms with Crippen molar-refractivity contribution in [2.24, 2.45) is 5.92 Å². The van der Waals surface area contributed by atoms with Gasteiger partial charge in [-0.2, -0.15) is 0 Å². The number of pyridine rings is 1. The molecule has 1 heterocycles. The average molecular weight is 634 g/mol. The lowest BCUT2D eigenvalue weighted by atomic mass is 9.90. The third kappa shape index (κ3) is 10.3. The first-order valence-electron chi connectivity index (χ1n) is 13.9. The fourth-order valence-electron chi connectivity index (χ4n) is 4.47. The summed E-state index contributed by atoms with van der Waals surface area (Å²) in [5.74, 6) is -5.50. The molecular formula is C29H36ClN5O9. The van der Waals surface area contributed by atoms with Gasteiger partial charge in [-0.1, -0.05) is 56.8 Å². The fourth-order valence-corrected chi connectivity index (χ4v) is 4.74. The number of amides is 4. The Balaban J connectivity index is 2.09. The molecule has 4 amide bonds. The molecule has 0 spiro atoms. The zero-order valence-corrected chi connectivity index (χ0v) is 25.0. The molecule has 2 aromatic rings. The Kier molecular flexibility index (Phi) is 14.2. The number of carbonyl (C=O) groups is 6. The van der Waals surface area contributed by atoms with Crippen LogP contribution < -0.4 is 16.0 Å². The van der Waals surface area contributed by atoms with Gasteiger partial charge in [-0.3, -0.25) is 29.2 Å². The van der Waals surface area contributed by atoms with Crippen molar-refractivity contribution >= 4 is 47.7 Å². The monoisotopic (exact) mass is 633 g/mol. The van der Waals surface area contributed by atoms with Crippen LogP contribution >= 0.6 is 11.6 Å². The number of halogens is 1. The van der Waals surface area contributed by atoms with Gasteiger partial charge in [0.1, 0.15) is 11.7 Å². The van der Waals surface area contributed by atoms with Gasteiger partial charge in [-0.15, -0.1) is 0 Å². The van der Waals surface area contributed by atoms with E-state index >= 15 is 0 Å². The van der Waals surface area contributed by atoms with E-state index in [-0.39, 0.29) is 29.4 Å². The van der Waals surface area contributed by atoms with Gasteiger partial charge in [0, 0.05) is 5.56 Å². The normalized spacial score (nSPS) is 12.7. The number of carbonyl (C=O) groups excluding carboxylic acids is 4. The van der Waals surface area contributed by atoms with Gasteiger partial charge in [0.2, 0.25) is 12.3 Å². The van der Waals surface area contributed by atoms with Crippen LogP contribution in [0.25, 0.3) is 11.3 Å². The van der Waals surface area contributed by atoms with E-state index < -0.39 is 54.1 Å². The van der Waals surface area contributed by atoms with Crippen molar-refractivity contribution in [1.82, 2.24) is 26.0 Å². The Morgan fingerprint density at radius 3 is 2.34 bits per heavy atom. The molecule has 238 valence electrons. The predicted molar refractivity (Wildman–Crippen MR) is 158 cm³/mol. The summed E-state index contributed by atoms with van der Waals surface area (Å²) in [6.07, 6.45) is 2.78. The van der Waals surface area contributed by atoms with E-state index in [0.717, 1.165) is 19.3 Å². The quantitative estimate of drug-likeness (QED) is 0.0464. The molecule has 0 aliphatic heterocycles. The highest BCUT2D eigenvalue weighted by Crippen LogP contribution is 2.25. The Morgan fingerprint density at radius 1 is 1.02 bits per heavy atom. The van der Waals surface area contributed by atoms with Crippen molar-refractivity contribution < 1.29 is 44.2 Å². The standard InChI is InChI=1S/C29H36ClN5O9/c1-3-5-6-8-19(24(4-2)35(44)16-36)26(39)31-15-32-28(41)22-10-7-9-21(33-22)17-11-12-18(20(30)13-17)27(40)34-23(29(42)43)14-25(37)38/h7,9-13,16,19,23-24,44H,3-6,8,14-15H2,1-2H3,(H,31,39)(H,32,41)(H,34,40)(H,37,38)(H,42,43). The van der Waals surface area contributed by atoms with Crippen LogP contribution in [0.3, 0.4) is 0 Å². The van der Waals surface area contributed by atoms with Gasteiger partial charge in [-0.25, -0.2) is 14.8 Å². The minimum Gasteiger partial charge on any atom is -0.481 e. The highest BCUT2D eigenvalue weighted by Gasteiger charge is 2.30. The molecule has 0 saturated carbocycles. The first kappa shape index (κ1) is 35.6. The molecule has 15 heteroatoms. The minimum absolute atomic E-state index is 0.0149. The zero-order valence-electron chi connectivity index (χ0n) is 24.3. The van der Waals surface area contributed by atoms with Crippen molar-refractivity contribution in [1.29, 1.82) is 0 Å². The molecule has 2 rings (SSSR count). The molecular weight excluding hydrogens is 598 g/mol. The van der Waals surface area contributed by atoms with E-state index in [1.807, 2.05) is 6.92 Å². The second-order valence-electron chi connectivity index (χ2n) is 9.85. The number of benzene rings is 1. The SMILES string of the molecule is CCCCCC(C(=O)NCNC(=O)c1cccc(-c2ccc(C(=O)NC(CC(=O)O)C(=O)O)c(Cl)c2)n1)C(CC)N(O)C=O. The molecule has 6 N–H and O–H groups in total. The van der Waals surface area contributed by atoms with Gasteiger partial charge in [-0.05, 0) is 37.1 Å². The highest BCUT2D eigenvalue weighted by atomic mass is 35.5. The summed E-state index contributed by atoms with van der Waals surface area (Å²) in [5, 5.41) is 35.7. The zero-order chi connectivity index (χ0) is 32.8. The maximum Gasteiger partial charge on any atom is 0.326 e. The molecule has 0 aliphatic rings. The number of nitrogens with one attached hydrogen (secondary N) is 3. The third-order valence-corrected chi connectivity index (χ3v) is 7.08. The number of hydrogen-bond acceptors (Lipinski definition) is 8. The lowest BCUT2D eigenvalue weighted by Gasteiger charge is -2.29. The first-order valence-corrected chi connectivity index (χ1v) is 14.3. The largest absolute Gasteiger partial charge is 0.481 e. The van der Waals surface area contributed by atoms with E-state index in [9.17, 15) is 34.0 Å². The number of aromatic nitrogens is 1. The second kappa shape index (κ2) is 17.5. The van der Waals surface area contributed by atoms with E-state index in [4.69, 9.17) is 21.8 Å². The number of rotatable bonds is 18. The van der Waals surface area contributed by atoms with Crippen LogP contribution in [-0.2, 0) is 19.2 Å². The van der Waals surface area contributed by atoms with Crippen molar-refractivity contribution in [3.63, 3.8) is 0 Å². The third-order valence-electron chi connectivity index (χ3n) is 6.77. The highest BCUT2D eigenvalue weighted by molar-refractivity contribution is 6.34. The van der Waals surface area contributed by atoms with Crippen LogP contribution in [0.5, 0.6) is 0 Å². The molecule has 14 nitrogen and oxygen atoms in total. The lowest BCUT2D eigenvalue weighted by Crippen LogP contribution is -2.47. The summed E-state index contributed by atoms with van der Waals surface area (Å²) < 4.78 is 0. The van der Waals surface area contributed by atoms with Crippen LogP contribution in [-0.4, -0.2) is 80.3 Å². The number of hydrogen-bond donors (Lipinski definition) is 6. The molecule has 0 saturated heterocycles. The molecule has 0 radical (unpaired) electrons. The van der Waals surface area contributed by atoms with Gasteiger partial charge < -0.3 is 26.2 Å². The maximum atomic E-state index is 12.9. The predicted octanol–water partition coefficient (Wildman–Crippen LogP) is 2.69. The molecule has 3 unspecified atom stereocenters. The van der Waals surface area contributed by atoms with Gasteiger partial charge in [0.05, 0.1) is 41.3 Å². The van der Waals surface area contributed by atoms with Crippen LogP contribution in [0.15, 0.2) is 36.4 Å². The van der Waals surface area contributed by atoms with Crippen molar-refractivity contribution in [3.05, 3.63) is 52.7 Å². The van der Waals surface area contributed by atoms with Crippen molar-refractivity contribution in [3.8, 4) is 11.3 Å². The van der Waals surface area contributed by atoms with Crippen LogP contribution in [0.4, 0.5) is 0 Å². The molecule has 44 heavy (non-hydrogen) atoms. The number of unbranched alkanes of at least 4 members (excludes halogenated alkanes) is 2. The van der Waals surface area contributed by atoms with Gasteiger partial charge in [0.15, 0.2) is 0 Å². The molecule has 1 aromatic carbocycles.